The van der Waals surface area contributed by atoms with Crippen LogP contribution in [0.25, 0.3) is 0 Å². The minimum absolute atomic E-state index is 0.360. The molecule has 0 fully saturated rings. The van der Waals surface area contributed by atoms with E-state index in [0.29, 0.717) is 4.32 Å². The van der Waals surface area contributed by atoms with Crippen LogP contribution in [0.2, 0.25) is 0 Å². The van der Waals surface area contributed by atoms with Crippen molar-refractivity contribution in [3.8, 4) is 0 Å². The van der Waals surface area contributed by atoms with Crippen LogP contribution in [-0.4, -0.2) is 4.32 Å². The Morgan fingerprint density at radius 1 is 0.944 bits per heavy atom. The molecule has 0 atom stereocenters. The number of thiocarbonyl (C=S) groups is 1. The van der Waals surface area contributed by atoms with E-state index < -0.39 is 0 Å². The lowest BCUT2D eigenvalue weighted by Gasteiger charge is -2.32. The van der Waals surface area contributed by atoms with Crippen molar-refractivity contribution in [3.05, 3.63) is 71.8 Å². The molecular formula is C15H15NS2. The normalized spacial score (nSPS) is 11.0. The predicted octanol–water partition coefficient (Wildman–Crippen LogP) is 3.75. The third-order valence-electron chi connectivity index (χ3n) is 3.06. The standard InChI is InChI=1S/C15H15NS2/c1-15(16-14(17)18,12-8-4-2-5-9-12)13-10-6-3-7-11-13/h2-11H,1H3,(H2,16,17,18). The maximum absolute atomic E-state index is 5.10. The summed E-state index contributed by atoms with van der Waals surface area (Å²) in [6.07, 6.45) is 0. The van der Waals surface area contributed by atoms with E-state index in [1.54, 1.807) is 0 Å². The molecule has 18 heavy (non-hydrogen) atoms. The van der Waals surface area contributed by atoms with Gasteiger partial charge in [0.25, 0.3) is 0 Å². The highest BCUT2D eigenvalue weighted by molar-refractivity contribution is 8.11. The molecule has 0 heterocycles. The van der Waals surface area contributed by atoms with E-state index >= 15 is 0 Å². The van der Waals surface area contributed by atoms with Crippen LogP contribution in [0.1, 0.15) is 18.1 Å². The Bertz CT molecular complexity index is 483. The average molecular weight is 273 g/mol. The summed E-state index contributed by atoms with van der Waals surface area (Å²) in [7, 11) is 0. The molecule has 0 spiro atoms. The molecule has 0 unspecified atom stereocenters. The molecule has 1 N–H and O–H groups in total. The second-order valence-corrected chi connectivity index (χ2v) is 5.45. The molecule has 1 nitrogen and oxygen atoms in total. The number of thiol groups is 1. The summed E-state index contributed by atoms with van der Waals surface area (Å²) in [6, 6.07) is 20.5. The number of nitrogens with one attached hydrogen (secondary N) is 1. The molecule has 0 bridgehead atoms. The second kappa shape index (κ2) is 5.55. The minimum Gasteiger partial charge on any atom is -0.358 e. The van der Waals surface area contributed by atoms with E-state index in [1.165, 1.54) is 0 Å². The second-order valence-electron chi connectivity index (χ2n) is 4.29. The van der Waals surface area contributed by atoms with Gasteiger partial charge in [-0.1, -0.05) is 72.9 Å². The van der Waals surface area contributed by atoms with E-state index in [4.69, 9.17) is 12.2 Å². The van der Waals surface area contributed by atoms with Crippen molar-refractivity contribution >= 4 is 29.2 Å². The molecule has 2 aromatic carbocycles. The van der Waals surface area contributed by atoms with Crippen LogP contribution in [0, 0.1) is 0 Å². The van der Waals surface area contributed by atoms with Gasteiger partial charge in [-0.15, -0.1) is 12.6 Å². The van der Waals surface area contributed by atoms with Crippen LogP contribution in [0.15, 0.2) is 60.7 Å². The number of hydrogen-bond donors (Lipinski definition) is 2. The third-order valence-corrected chi connectivity index (χ3v) is 3.27. The Morgan fingerprint density at radius 3 is 1.67 bits per heavy atom. The molecule has 0 saturated heterocycles. The van der Waals surface area contributed by atoms with Crippen LogP contribution in [0.4, 0.5) is 0 Å². The first kappa shape index (κ1) is 13.1. The third kappa shape index (κ3) is 2.74. The highest BCUT2D eigenvalue weighted by atomic mass is 32.1. The van der Waals surface area contributed by atoms with E-state index in [0.717, 1.165) is 11.1 Å². The van der Waals surface area contributed by atoms with Gasteiger partial charge in [-0.3, -0.25) is 0 Å². The molecule has 0 aliphatic carbocycles. The summed E-state index contributed by atoms with van der Waals surface area (Å²) in [5, 5.41) is 3.28. The van der Waals surface area contributed by atoms with Crippen LogP contribution >= 0.6 is 24.8 Å². The molecule has 2 aromatic rings. The van der Waals surface area contributed by atoms with Gasteiger partial charge in [-0.25, -0.2) is 0 Å². The monoisotopic (exact) mass is 273 g/mol. The molecule has 0 aliphatic heterocycles. The molecule has 0 saturated carbocycles. The fraction of sp³-hybridized carbons (Fsp3) is 0.133. The van der Waals surface area contributed by atoms with E-state index in [2.05, 4.69) is 49.1 Å². The van der Waals surface area contributed by atoms with Crippen molar-refractivity contribution in [1.29, 1.82) is 0 Å². The SMILES string of the molecule is CC(NC(=S)S)(c1ccccc1)c1ccccc1. The van der Waals surface area contributed by atoms with Crippen molar-refractivity contribution in [2.24, 2.45) is 0 Å². The first-order valence-electron chi connectivity index (χ1n) is 5.75. The van der Waals surface area contributed by atoms with Gasteiger partial charge in [0.15, 0.2) is 0 Å². The van der Waals surface area contributed by atoms with E-state index in [9.17, 15) is 0 Å². The highest BCUT2D eigenvalue weighted by Gasteiger charge is 2.28. The summed E-state index contributed by atoms with van der Waals surface area (Å²) in [5.74, 6) is 0. The fourth-order valence-electron chi connectivity index (χ4n) is 2.07. The smallest absolute Gasteiger partial charge is 0.131 e. The molecule has 0 aliphatic rings. The number of benzene rings is 2. The van der Waals surface area contributed by atoms with Crippen LogP contribution in [0.5, 0.6) is 0 Å². The summed E-state index contributed by atoms with van der Waals surface area (Å²) in [5.41, 5.74) is 1.96. The van der Waals surface area contributed by atoms with Crippen LogP contribution in [-0.2, 0) is 5.54 Å². The quantitative estimate of drug-likeness (QED) is 0.652. The van der Waals surface area contributed by atoms with E-state index in [-0.39, 0.29) is 5.54 Å². The maximum atomic E-state index is 5.10. The summed E-state index contributed by atoms with van der Waals surface area (Å²) < 4.78 is 0.491. The molecule has 92 valence electrons. The van der Waals surface area contributed by atoms with Crippen molar-refractivity contribution in [1.82, 2.24) is 5.32 Å². The zero-order valence-electron chi connectivity index (χ0n) is 10.1. The van der Waals surface area contributed by atoms with Gasteiger partial charge in [-0.05, 0) is 18.1 Å². The molecule has 3 heteroatoms. The lowest BCUT2D eigenvalue weighted by atomic mass is 9.85. The summed E-state index contributed by atoms with van der Waals surface area (Å²) in [6.45, 7) is 2.11. The predicted molar refractivity (Wildman–Crippen MR) is 84.1 cm³/mol. The average Bonchev–Trinajstić information content (AvgIpc) is 2.40. The zero-order valence-corrected chi connectivity index (χ0v) is 11.8. The van der Waals surface area contributed by atoms with Crippen LogP contribution < -0.4 is 5.32 Å². The molecule has 0 radical (unpaired) electrons. The fourth-order valence-corrected chi connectivity index (χ4v) is 2.50. The maximum Gasteiger partial charge on any atom is 0.131 e. The molecule has 0 aromatic heterocycles. The Hall–Kier alpha value is -1.32. The first-order chi connectivity index (χ1) is 8.63. The Balaban J connectivity index is 2.51. The lowest BCUT2D eigenvalue weighted by Crippen LogP contribution is -2.42. The van der Waals surface area contributed by atoms with E-state index in [1.807, 2.05) is 36.4 Å². The van der Waals surface area contributed by atoms with Gasteiger partial charge in [-0.2, -0.15) is 0 Å². The van der Waals surface area contributed by atoms with Gasteiger partial charge < -0.3 is 5.32 Å². The summed E-state index contributed by atoms with van der Waals surface area (Å²) >= 11 is 9.31. The van der Waals surface area contributed by atoms with Crippen molar-refractivity contribution in [3.63, 3.8) is 0 Å². The highest BCUT2D eigenvalue weighted by Crippen LogP contribution is 2.29. The van der Waals surface area contributed by atoms with Gasteiger partial charge >= 0.3 is 0 Å². The summed E-state index contributed by atoms with van der Waals surface area (Å²) in [4.78, 5) is 0. The topological polar surface area (TPSA) is 12.0 Å². The van der Waals surface area contributed by atoms with Crippen LogP contribution in [0.3, 0.4) is 0 Å². The van der Waals surface area contributed by atoms with Gasteiger partial charge in [0.1, 0.15) is 4.32 Å². The van der Waals surface area contributed by atoms with Crippen molar-refractivity contribution in [2.45, 2.75) is 12.5 Å². The number of rotatable bonds is 3. The van der Waals surface area contributed by atoms with Crippen molar-refractivity contribution in [2.75, 3.05) is 0 Å². The molecular weight excluding hydrogens is 258 g/mol. The zero-order chi connectivity index (χ0) is 13.0. The number of hydrogen-bond acceptors (Lipinski definition) is 1. The van der Waals surface area contributed by atoms with Gasteiger partial charge in [0, 0.05) is 0 Å². The van der Waals surface area contributed by atoms with Gasteiger partial charge in [0.2, 0.25) is 0 Å². The first-order valence-corrected chi connectivity index (χ1v) is 6.60. The Kier molecular flexibility index (Phi) is 4.04. The van der Waals surface area contributed by atoms with Gasteiger partial charge in [0.05, 0.1) is 5.54 Å². The van der Waals surface area contributed by atoms with Crippen molar-refractivity contribution < 1.29 is 0 Å². The lowest BCUT2D eigenvalue weighted by molar-refractivity contribution is 0.538. The molecule has 2 rings (SSSR count). The largest absolute Gasteiger partial charge is 0.358 e. The Labute approximate surface area is 119 Å². The molecule has 0 amide bonds. The minimum atomic E-state index is -0.360. The Morgan fingerprint density at radius 2 is 1.33 bits per heavy atom.